The zero-order valence-corrected chi connectivity index (χ0v) is 12.9. The minimum absolute atomic E-state index is 0.0478. The lowest BCUT2D eigenvalue weighted by Gasteiger charge is -1.98. The molecule has 2 aromatic rings. The summed E-state index contributed by atoms with van der Waals surface area (Å²) < 4.78 is 29.4. The number of aromatic nitrogens is 1. The molecule has 0 bridgehead atoms. The molecule has 0 atom stereocenters. The molecule has 0 unspecified atom stereocenters. The Balaban J connectivity index is 2.48. The summed E-state index contributed by atoms with van der Waals surface area (Å²) in [6, 6.07) is 1.76. The SMILES string of the molecule is Cn1cc(Br)c2cc(COS(C)(=O)=O)sc2c1=O. The fraction of sp³-hybridized carbons (Fsp3) is 0.300. The van der Waals surface area contributed by atoms with E-state index >= 15 is 0 Å². The predicted molar refractivity (Wildman–Crippen MR) is 74.4 cm³/mol. The van der Waals surface area contributed by atoms with Crippen LogP contribution in [0.4, 0.5) is 0 Å². The van der Waals surface area contributed by atoms with Crippen LogP contribution in [0.5, 0.6) is 0 Å². The van der Waals surface area contributed by atoms with E-state index in [2.05, 4.69) is 15.9 Å². The minimum Gasteiger partial charge on any atom is -0.316 e. The molecule has 0 aliphatic carbocycles. The zero-order valence-electron chi connectivity index (χ0n) is 9.64. The fourth-order valence-corrected chi connectivity index (χ4v) is 3.71. The van der Waals surface area contributed by atoms with Crippen LogP contribution in [0.2, 0.25) is 0 Å². The highest BCUT2D eigenvalue weighted by molar-refractivity contribution is 9.10. The van der Waals surface area contributed by atoms with E-state index in [1.807, 2.05) is 0 Å². The third-order valence-electron chi connectivity index (χ3n) is 2.28. The number of nitrogens with zero attached hydrogens (tertiary/aromatic N) is 1. The van der Waals surface area contributed by atoms with E-state index in [-0.39, 0.29) is 12.2 Å². The molecule has 2 heterocycles. The molecule has 0 aliphatic rings. The first kappa shape index (κ1) is 13.7. The van der Waals surface area contributed by atoms with Crippen LogP contribution in [0.3, 0.4) is 0 Å². The Bertz CT molecular complexity index is 760. The van der Waals surface area contributed by atoms with E-state index in [4.69, 9.17) is 4.18 Å². The number of halogens is 1. The highest BCUT2D eigenvalue weighted by atomic mass is 79.9. The van der Waals surface area contributed by atoms with Gasteiger partial charge in [-0.1, -0.05) is 0 Å². The molecular formula is C10H10BrNO4S2. The molecule has 5 nitrogen and oxygen atoms in total. The summed E-state index contributed by atoms with van der Waals surface area (Å²) in [5.41, 5.74) is -0.108. The highest BCUT2D eigenvalue weighted by Crippen LogP contribution is 2.29. The largest absolute Gasteiger partial charge is 0.316 e. The van der Waals surface area contributed by atoms with Crippen molar-refractivity contribution >= 4 is 47.5 Å². The summed E-state index contributed by atoms with van der Waals surface area (Å²) >= 11 is 4.61. The van der Waals surface area contributed by atoms with Crippen LogP contribution in [0, 0.1) is 0 Å². The molecule has 0 amide bonds. The molecule has 8 heteroatoms. The average molecular weight is 352 g/mol. The second-order valence-corrected chi connectivity index (χ2v) is 7.45. The van der Waals surface area contributed by atoms with Gasteiger partial charge in [0.15, 0.2) is 0 Å². The van der Waals surface area contributed by atoms with Crippen LogP contribution in [-0.2, 0) is 28.0 Å². The van der Waals surface area contributed by atoms with Crippen LogP contribution in [-0.4, -0.2) is 19.2 Å². The highest BCUT2D eigenvalue weighted by Gasteiger charge is 2.12. The molecule has 0 radical (unpaired) electrons. The van der Waals surface area contributed by atoms with Gasteiger partial charge < -0.3 is 4.57 Å². The van der Waals surface area contributed by atoms with Gasteiger partial charge in [0.25, 0.3) is 15.7 Å². The third-order valence-corrected chi connectivity index (χ3v) is 4.55. The molecule has 98 valence electrons. The number of rotatable bonds is 3. The molecule has 0 saturated carbocycles. The standard InChI is InChI=1S/C10H10BrNO4S2/c1-12-4-8(11)7-3-6(5-16-18(2,14)15)17-9(7)10(12)13/h3-4H,5H2,1-2H3. The quantitative estimate of drug-likeness (QED) is 0.791. The number of fused-ring (bicyclic) bond motifs is 1. The normalized spacial score (nSPS) is 12.2. The summed E-state index contributed by atoms with van der Waals surface area (Å²) in [7, 11) is -1.81. The predicted octanol–water partition coefficient (Wildman–Crippen LogP) is 1.84. The lowest BCUT2D eigenvalue weighted by molar-refractivity contribution is 0.315. The number of hydrogen-bond acceptors (Lipinski definition) is 5. The van der Waals surface area contributed by atoms with Crippen molar-refractivity contribution in [2.24, 2.45) is 7.05 Å². The van der Waals surface area contributed by atoms with Crippen molar-refractivity contribution in [1.82, 2.24) is 4.57 Å². The van der Waals surface area contributed by atoms with Crippen molar-refractivity contribution in [3.63, 3.8) is 0 Å². The Morgan fingerprint density at radius 3 is 2.78 bits per heavy atom. The van der Waals surface area contributed by atoms with E-state index in [1.165, 1.54) is 15.9 Å². The summed E-state index contributed by atoms with van der Waals surface area (Å²) in [6.45, 7) is -0.0478. The second-order valence-electron chi connectivity index (χ2n) is 3.81. The van der Waals surface area contributed by atoms with Crippen LogP contribution in [0.1, 0.15) is 4.88 Å². The minimum atomic E-state index is -3.48. The van der Waals surface area contributed by atoms with Crippen molar-refractivity contribution in [3.8, 4) is 0 Å². The Hall–Kier alpha value is -0.700. The van der Waals surface area contributed by atoms with Crippen molar-refractivity contribution in [2.45, 2.75) is 6.61 Å². The van der Waals surface area contributed by atoms with Gasteiger partial charge in [-0.25, -0.2) is 0 Å². The van der Waals surface area contributed by atoms with E-state index in [9.17, 15) is 13.2 Å². The molecule has 0 aliphatic heterocycles. The number of pyridine rings is 1. The molecule has 0 spiro atoms. The van der Waals surface area contributed by atoms with Gasteiger partial charge in [-0.3, -0.25) is 8.98 Å². The van der Waals surface area contributed by atoms with Crippen molar-refractivity contribution in [1.29, 1.82) is 0 Å². The Morgan fingerprint density at radius 1 is 1.50 bits per heavy atom. The molecule has 2 aromatic heterocycles. The van der Waals surface area contributed by atoms with Gasteiger partial charge in [0.1, 0.15) is 11.3 Å². The van der Waals surface area contributed by atoms with Crippen molar-refractivity contribution in [3.05, 3.63) is 32.0 Å². The molecular weight excluding hydrogens is 342 g/mol. The Kier molecular flexibility index (Phi) is 3.63. The maximum Gasteiger partial charge on any atom is 0.268 e. The van der Waals surface area contributed by atoms with Crippen LogP contribution in [0.25, 0.3) is 10.1 Å². The monoisotopic (exact) mass is 351 g/mol. The van der Waals surface area contributed by atoms with Crippen LogP contribution >= 0.6 is 27.3 Å². The van der Waals surface area contributed by atoms with Crippen molar-refractivity contribution in [2.75, 3.05) is 6.26 Å². The van der Waals surface area contributed by atoms with Gasteiger partial charge in [0, 0.05) is 28.0 Å². The van der Waals surface area contributed by atoms with Gasteiger partial charge in [0.2, 0.25) is 0 Å². The van der Waals surface area contributed by atoms with Gasteiger partial charge in [-0.05, 0) is 22.0 Å². The second kappa shape index (κ2) is 4.76. The van der Waals surface area contributed by atoms with Gasteiger partial charge in [-0.15, -0.1) is 11.3 Å². The smallest absolute Gasteiger partial charge is 0.268 e. The molecule has 18 heavy (non-hydrogen) atoms. The van der Waals surface area contributed by atoms with Gasteiger partial charge in [0.05, 0.1) is 6.26 Å². The van der Waals surface area contributed by atoms with Gasteiger partial charge >= 0.3 is 0 Å². The number of hydrogen-bond donors (Lipinski definition) is 0. The third kappa shape index (κ3) is 2.82. The van der Waals surface area contributed by atoms with E-state index in [0.717, 1.165) is 16.1 Å². The summed E-state index contributed by atoms with van der Waals surface area (Å²) in [5, 5.41) is 0.773. The fourth-order valence-electron chi connectivity index (χ4n) is 1.47. The van der Waals surface area contributed by atoms with E-state index in [0.29, 0.717) is 9.58 Å². The summed E-state index contributed by atoms with van der Waals surface area (Å²) in [6.07, 6.45) is 2.67. The molecule has 0 saturated heterocycles. The van der Waals surface area contributed by atoms with Crippen molar-refractivity contribution < 1.29 is 12.6 Å². The van der Waals surface area contributed by atoms with Crippen LogP contribution < -0.4 is 5.56 Å². The first-order chi connectivity index (χ1) is 8.28. The Morgan fingerprint density at radius 2 is 2.17 bits per heavy atom. The first-order valence-corrected chi connectivity index (χ1v) is 8.32. The molecule has 0 N–H and O–H groups in total. The lowest BCUT2D eigenvalue weighted by atomic mass is 10.3. The lowest BCUT2D eigenvalue weighted by Crippen LogP contribution is -2.14. The molecule has 0 aromatic carbocycles. The average Bonchev–Trinajstić information content (AvgIpc) is 2.67. The van der Waals surface area contributed by atoms with E-state index in [1.54, 1.807) is 19.3 Å². The van der Waals surface area contributed by atoms with Gasteiger partial charge in [-0.2, -0.15) is 8.42 Å². The maximum absolute atomic E-state index is 11.9. The maximum atomic E-state index is 11.9. The summed E-state index contributed by atoms with van der Waals surface area (Å²) in [5.74, 6) is 0. The topological polar surface area (TPSA) is 65.4 Å². The zero-order chi connectivity index (χ0) is 13.5. The number of thiophene rings is 1. The van der Waals surface area contributed by atoms with E-state index < -0.39 is 10.1 Å². The summed E-state index contributed by atoms with van der Waals surface area (Å²) in [4.78, 5) is 12.6. The number of aryl methyl sites for hydroxylation is 1. The Labute approximate surface area is 116 Å². The van der Waals surface area contributed by atoms with Crippen LogP contribution in [0.15, 0.2) is 21.5 Å². The first-order valence-electron chi connectivity index (χ1n) is 4.90. The molecule has 2 rings (SSSR count). The molecule has 0 fully saturated rings.